The van der Waals surface area contributed by atoms with Crippen LogP contribution < -0.4 is 5.46 Å². The van der Waals surface area contributed by atoms with E-state index in [1.807, 2.05) is 0 Å². The lowest BCUT2D eigenvalue weighted by Gasteiger charge is -2.10. The highest BCUT2D eigenvalue weighted by molar-refractivity contribution is 6.71. The molecule has 0 saturated heterocycles. The Hall–Kier alpha value is -1.28. The first-order valence-corrected chi connectivity index (χ1v) is 5.47. The highest BCUT2D eigenvalue weighted by Crippen LogP contribution is 2.20. The normalized spacial score (nSPS) is 16.0. The quantitative estimate of drug-likeness (QED) is 0.582. The maximum absolute atomic E-state index is 2.39. The van der Waals surface area contributed by atoms with E-state index < -0.39 is 0 Å². The first-order valence-electron chi connectivity index (χ1n) is 5.47. The first kappa shape index (κ1) is 8.99. The van der Waals surface area contributed by atoms with Gasteiger partial charge in [-0.2, -0.15) is 0 Å². The fourth-order valence-electron chi connectivity index (χ4n) is 2.47. The summed E-state index contributed by atoms with van der Waals surface area (Å²) in [6.45, 7) is 3.92. The Morgan fingerprint density at radius 1 is 1.13 bits per heavy atom. The molecule has 0 atom stereocenters. The molecule has 1 nitrogen and oxygen atoms in total. The SMILES string of the molecule is CB1c2cc3ccccc3cc2CN1C. The van der Waals surface area contributed by atoms with Crippen molar-refractivity contribution in [2.45, 2.75) is 13.4 Å². The molecule has 2 aromatic rings. The molecule has 15 heavy (non-hydrogen) atoms. The van der Waals surface area contributed by atoms with Gasteiger partial charge in [-0.3, -0.25) is 0 Å². The van der Waals surface area contributed by atoms with Crippen molar-refractivity contribution >= 4 is 23.1 Å². The van der Waals surface area contributed by atoms with Crippen LogP contribution in [0, 0.1) is 0 Å². The number of benzene rings is 2. The minimum absolute atomic E-state index is 0.560. The molecule has 3 rings (SSSR count). The van der Waals surface area contributed by atoms with Crippen LogP contribution >= 0.6 is 0 Å². The van der Waals surface area contributed by atoms with E-state index in [1.54, 1.807) is 0 Å². The van der Waals surface area contributed by atoms with Gasteiger partial charge in [-0.25, -0.2) is 0 Å². The molecule has 0 unspecified atom stereocenters. The number of hydrogen-bond donors (Lipinski definition) is 0. The molecule has 74 valence electrons. The number of rotatable bonds is 0. The smallest absolute Gasteiger partial charge is 0.254 e. The van der Waals surface area contributed by atoms with E-state index in [4.69, 9.17) is 0 Å². The fourth-order valence-corrected chi connectivity index (χ4v) is 2.47. The average molecular weight is 195 g/mol. The summed E-state index contributed by atoms with van der Waals surface area (Å²) in [5, 5.41) is 2.72. The highest BCUT2D eigenvalue weighted by atomic mass is 15.0. The van der Waals surface area contributed by atoms with Gasteiger partial charge >= 0.3 is 0 Å². The minimum atomic E-state index is 0.560. The molecule has 0 amide bonds. The summed E-state index contributed by atoms with van der Waals surface area (Å²) in [5.41, 5.74) is 2.99. The van der Waals surface area contributed by atoms with Gasteiger partial charge in [0.25, 0.3) is 6.85 Å². The Morgan fingerprint density at radius 3 is 2.53 bits per heavy atom. The third kappa shape index (κ3) is 1.29. The second-order valence-corrected chi connectivity index (χ2v) is 4.49. The van der Waals surface area contributed by atoms with Crippen LogP contribution in [0.2, 0.25) is 6.82 Å². The fraction of sp³-hybridized carbons (Fsp3) is 0.231. The van der Waals surface area contributed by atoms with Gasteiger partial charge in [0.05, 0.1) is 0 Å². The van der Waals surface area contributed by atoms with E-state index in [2.05, 4.69) is 55.1 Å². The Balaban J connectivity index is 2.27. The third-order valence-corrected chi connectivity index (χ3v) is 3.54. The van der Waals surface area contributed by atoms with Crippen LogP contribution in [-0.2, 0) is 6.54 Å². The molecular formula is C13H14BN. The molecule has 1 aliphatic rings. The van der Waals surface area contributed by atoms with Gasteiger partial charge in [-0.15, -0.1) is 0 Å². The molecule has 1 aliphatic heterocycles. The van der Waals surface area contributed by atoms with Crippen molar-refractivity contribution in [2.24, 2.45) is 0 Å². The van der Waals surface area contributed by atoms with Gasteiger partial charge in [0.15, 0.2) is 0 Å². The molecule has 0 radical (unpaired) electrons. The van der Waals surface area contributed by atoms with Gasteiger partial charge in [0, 0.05) is 6.54 Å². The summed E-state index contributed by atoms with van der Waals surface area (Å²) in [7, 11) is 2.19. The molecule has 0 spiro atoms. The average Bonchev–Trinajstić information content (AvgIpc) is 2.52. The largest absolute Gasteiger partial charge is 0.337 e. The highest BCUT2D eigenvalue weighted by Gasteiger charge is 2.26. The Kier molecular flexibility index (Phi) is 1.86. The molecule has 2 heteroatoms. The zero-order valence-corrected chi connectivity index (χ0v) is 9.20. The summed E-state index contributed by atoms with van der Waals surface area (Å²) in [5.74, 6) is 0. The molecule has 1 heterocycles. The van der Waals surface area contributed by atoms with Crippen molar-refractivity contribution in [3.63, 3.8) is 0 Å². The molecule has 2 aromatic carbocycles. The van der Waals surface area contributed by atoms with Crippen LogP contribution in [0.4, 0.5) is 0 Å². The van der Waals surface area contributed by atoms with Crippen LogP contribution in [-0.4, -0.2) is 18.7 Å². The second-order valence-electron chi connectivity index (χ2n) is 4.49. The molecule has 0 aliphatic carbocycles. The first-order chi connectivity index (χ1) is 7.25. The lowest BCUT2D eigenvalue weighted by molar-refractivity contribution is 0.543. The summed E-state index contributed by atoms with van der Waals surface area (Å²) >= 11 is 0. The summed E-state index contributed by atoms with van der Waals surface area (Å²) in [6, 6.07) is 13.3. The van der Waals surface area contributed by atoms with Crippen LogP contribution in [0.15, 0.2) is 36.4 Å². The molecule has 0 fully saturated rings. The molecular weight excluding hydrogens is 181 g/mol. The molecule has 0 bridgehead atoms. The van der Waals surface area contributed by atoms with Crippen molar-refractivity contribution in [1.29, 1.82) is 0 Å². The standard InChI is InChI=1S/C13H14BN/c1-14-13-8-11-6-4-3-5-10(11)7-12(13)9-15(14)2/h3-8H,9H2,1-2H3. The van der Waals surface area contributed by atoms with E-state index >= 15 is 0 Å². The topological polar surface area (TPSA) is 3.24 Å². The molecule has 0 aromatic heterocycles. The van der Waals surface area contributed by atoms with E-state index in [0.717, 1.165) is 6.54 Å². The lowest BCUT2D eigenvalue weighted by atomic mass is 9.58. The zero-order chi connectivity index (χ0) is 10.4. The third-order valence-electron chi connectivity index (χ3n) is 3.54. The van der Waals surface area contributed by atoms with Gasteiger partial charge in [0.1, 0.15) is 0 Å². The Labute approximate surface area is 90.8 Å². The molecule has 0 saturated carbocycles. The predicted molar refractivity (Wildman–Crippen MR) is 66.7 cm³/mol. The lowest BCUT2D eigenvalue weighted by Crippen LogP contribution is -2.35. The van der Waals surface area contributed by atoms with E-state index in [1.165, 1.54) is 21.8 Å². The Morgan fingerprint density at radius 2 is 1.80 bits per heavy atom. The number of fused-ring (bicyclic) bond motifs is 2. The van der Waals surface area contributed by atoms with Crippen molar-refractivity contribution in [3.05, 3.63) is 42.0 Å². The van der Waals surface area contributed by atoms with Crippen molar-refractivity contribution in [2.75, 3.05) is 7.05 Å². The summed E-state index contributed by atoms with van der Waals surface area (Å²) in [4.78, 5) is 2.39. The monoisotopic (exact) mass is 195 g/mol. The van der Waals surface area contributed by atoms with Gasteiger partial charge in [-0.05, 0) is 23.4 Å². The predicted octanol–water partition coefficient (Wildman–Crippen LogP) is 2.11. The summed E-state index contributed by atoms with van der Waals surface area (Å²) in [6.07, 6.45) is 0. The van der Waals surface area contributed by atoms with Crippen molar-refractivity contribution < 1.29 is 0 Å². The number of hydrogen-bond acceptors (Lipinski definition) is 1. The van der Waals surface area contributed by atoms with Crippen LogP contribution in [0.3, 0.4) is 0 Å². The van der Waals surface area contributed by atoms with E-state index in [9.17, 15) is 0 Å². The van der Waals surface area contributed by atoms with Crippen molar-refractivity contribution in [1.82, 2.24) is 4.81 Å². The molecule has 0 N–H and O–H groups in total. The second kappa shape index (κ2) is 3.11. The van der Waals surface area contributed by atoms with Crippen LogP contribution in [0.5, 0.6) is 0 Å². The minimum Gasteiger partial charge on any atom is -0.337 e. The van der Waals surface area contributed by atoms with E-state index in [0.29, 0.717) is 6.85 Å². The van der Waals surface area contributed by atoms with E-state index in [-0.39, 0.29) is 0 Å². The maximum Gasteiger partial charge on any atom is 0.254 e. The Bertz CT molecular complexity index is 521. The number of nitrogens with zero attached hydrogens (tertiary/aromatic N) is 1. The van der Waals surface area contributed by atoms with Gasteiger partial charge in [-0.1, -0.05) is 48.7 Å². The van der Waals surface area contributed by atoms with Crippen LogP contribution in [0.25, 0.3) is 10.8 Å². The summed E-state index contributed by atoms with van der Waals surface area (Å²) < 4.78 is 0. The van der Waals surface area contributed by atoms with Crippen LogP contribution in [0.1, 0.15) is 5.56 Å². The zero-order valence-electron chi connectivity index (χ0n) is 9.20. The van der Waals surface area contributed by atoms with Gasteiger partial charge in [0.2, 0.25) is 0 Å². The van der Waals surface area contributed by atoms with Crippen molar-refractivity contribution in [3.8, 4) is 0 Å². The maximum atomic E-state index is 2.39. The van der Waals surface area contributed by atoms with Gasteiger partial charge < -0.3 is 4.81 Å².